The van der Waals surface area contributed by atoms with Gasteiger partial charge in [0.05, 0.1) is 11.4 Å². The van der Waals surface area contributed by atoms with Crippen molar-refractivity contribution in [2.24, 2.45) is 11.8 Å². The van der Waals surface area contributed by atoms with Gasteiger partial charge in [-0.05, 0) is 138 Å². The van der Waals surface area contributed by atoms with E-state index in [9.17, 15) is 0 Å². The van der Waals surface area contributed by atoms with Crippen LogP contribution in [0.1, 0.15) is 35.1 Å². The van der Waals surface area contributed by atoms with E-state index in [0.717, 1.165) is 12.8 Å². The van der Waals surface area contributed by atoms with Gasteiger partial charge in [-0.1, -0.05) is 127 Å². The van der Waals surface area contributed by atoms with E-state index in [0.29, 0.717) is 11.8 Å². The number of anilines is 6. The Morgan fingerprint density at radius 2 is 0.879 bits per heavy atom. The normalized spacial score (nSPS) is 18.8. The van der Waals surface area contributed by atoms with Gasteiger partial charge < -0.3 is 9.80 Å². The van der Waals surface area contributed by atoms with Gasteiger partial charge in [0.25, 0.3) is 0 Å². The number of thiophene rings is 1. The van der Waals surface area contributed by atoms with Crippen LogP contribution in [0.3, 0.4) is 0 Å². The lowest BCUT2D eigenvalue weighted by Gasteiger charge is -2.40. The summed E-state index contributed by atoms with van der Waals surface area (Å²) >= 11 is 1.90. The molecule has 58 heavy (non-hydrogen) atoms. The van der Waals surface area contributed by atoms with E-state index in [1.807, 2.05) is 11.3 Å². The molecule has 3 aliphatic rings. The molecule has 3 heteroatoms. The number of fused-ring (bicyclic) bond motifs is 5. The van der Waals surface area contributed by atoms with Crippen LogP contribution in [0, 0.1) is 11.8 Å². The van der Waals surface area contributed by atoms with Crippen LogP contribution >= 0.6 is 11.3 Å². The number of para-hydroxylation sites is 2. The van der Waals surface area contributed by atoms with Gasteiger partial charge in [-0.2, -0.15) is 0 Å². The Balaban J connectivity index is 1.08. The van der Waals surface area contributed by atoms with Crippen LogP contribution in [0.5, 0.6) is 0 Å². The average molecular weight is 763 g/mol. The quantitative estimate of drug-likeness (QED) is 0.160. The fraction of sp³-hybridized carbons (Fsp3) is 0.127. The second-order valence-electron chi connectivity index (χ2n) is 16.4. The SMILES string of the molecule is c1ccc(-c2ccc(N(c3ccccc3)c3cccc4c3C35c6c(cccc6N(c6ccccc6)c6ccc7c(c6)sc6ccccc67)CC3CCC5C4)cc2)cc1. The van der Waals surface area contributed by atoms with Crippen LogP contribution in [0.15, 0.2) is 194 Å². The third-order valence-corrected chi connectivity index (χ3v) is 14.7. The minimum Gasteiger partial charge on any atom is -0.310 e. The van der Waals surface area contributed by atoms with Crippen molar-refractivity contribution in [1.29, 1.82) is 0 Å². The number of hydrogen-bond acceptors (Lipinski definition) is 3. The zero-order valence-electron chi connectivity index (χ0n) is 32.3. The zero-order valence-corrected chi connectivity index (χ0v) is 33.1. The summed E-state index contributed by atoms with van der Waals surface area (Å²) in [6.45, 7) is 0. The van der Waals surface area contributed by atoms with Crippen LogP contribution in [0.2, 0.25) is 0 Å². The second kappa shape index (κ2) is 13.3. The van der Waals surface area contributed by atoms with Gasteiger partial charge in [-0.3, -0.25) is 0 Å². The van der Waals surface area contributed by atoms with Crippen molar-refractivity contribution in [1.82, 2.24) is 0 Å². The van der Waals surface area contributed by atoms with Gasteiger partial charge in [0, 0.05) is 48.3 Å². The summed E-state index contributed by atoms with van der Waals surface area (Å²) in [6, 6.07) is 72.4. The summed E-state index contributed by atoms with van der Waals surface area (Å²) in [5, 5.41) is 2.67. The number of rotatable bonds is 7. The summed E-state index contributed by atoms with van der Waals surface area (Å²) in [4.78, 5) is 5.12. The molecule has 1 aromatic heterocycles. The van der Waals surface area contributed by atoms with Crippen LogP contribution in [-0.2, 0) is 18.3 Å². The highest BCUT2D eigenvalue weighted by atomic mass is 32.1. The van der Waals surface area contributed by atoms with E-state index < -0.39 is 0 Å². The molecule has 0 bridgehead atoms. The Morgan fingerprint density at radius 3 is 1.50 bits per heavy atom. The number of nitrogens with zero attached hydrogens (tertiary/aromatic N) is 2. The summed E-state index contributed by atoms with van der Waals surface area (Å²) in [5.41, 5.74) is 15.9. The lowest BCUT2D eigenvalue weighted by molar-refractivity contribution is 0.350. The Bertz CT molecular complexity index is 2960. The van der Waals surface area contributed by atoms with Crippen molar-refractivity contribution < 1.29 is 0 Å². The maximum atomic E-state index is 2.58. The molecule has 8 aromatic carbocycles. The zero-order chi connectivity index (χ0) is 38.2. The molecule has 9 aromatic rings. The Labute approximate surface area is 344 Å². The third kappa shape index (κ3) is 5.03. The standard InChI is InChI=1S/C55H42N2S/c1-4-14-37(15-5-1)38-26-30-45(31-27-38)56(43-18-6-2-7-19-43)49-23-12-16-39-34-41-28-29-42-35-40-17-13-24-50(54(40)55(41,42)53(39)49)57(44-20-8-3-9-21-44)46-32-33-48-47-22-10-11-25-51(47)58-52(48)36-46/h1-27,30-33,36,41-42H,28-29,34-35H2. The van der Waals surface area contributed by atoms with Crippen molar-refractivity contribution in [2.45, 2.75) is 31.1 Å². The highest BCUT2D eigenvalue weighted by molar-refractivity contribution is 7.25. The van der Waals surface area contributed by atoms with Gasteiger partial charge in [0.1, 0.15) is 0 Å². The van der Waals surface area contributed by atoms with E-state index in [4.69, 9.17) is 0 Å². The van der Waals surface area contributed by atoms with E-state index in [2.05, 4.69) is 204 Å². The van der Waals surface area contributed by atoms with E-state index >= 15 is 0 Å². The Hall–Kier alpha value is -6.42. The van der Waals surface area contributed by atoms with Crippen LogP contribution < -0.4 is 9.80 Å². The summed E-state index contributed by atoms with van der Waals surface area (Å²) in [5.74, 6) is 1.08. The molecule has 2 nitrogen and oxygen atoms in total. The van der Waals surface area contributed by atoms with Crippen molar-refractivity contribution in [2.75, 3.05) is 9.80 Å². The van der Waals surface area contributed by atoms with Crippen molar-refractivity contribution >= 4 is 65.6 Å². The minimum absolute atomic E-state index is 0.108. The van der Waals surface area contributed by atoms with Gasteiger partial charge in [-0.15, -0.1) is 11.3 Å². The summed E-state index contributed by atoms with van der Waals surface area (Å²) in [6.07, 6.45) is 4.73. The molecule has 3 aliphatic carbocycles. The molecule has 1 saturated carbocycles. The molecule has 0 aliphatic heterocycles. The van der Waals surface area contributed by atoms with Crippen LogP contribution in [-0.4, -0.2) is 0 Å². The lowest BCUT2D eigenvalue weighted by atomic mass is 9.68. The molecule has 1 heterocycles. The highest BCUT2D eigenvalue weighted by Gasteiger charge is 2.62. The molecule has 3 unspecified atom stereocenters. The number of benzene rings is 8. The fourth-order valence-corrected chi connectivity index (χ4v) is 12.5. The number of hydrogen-bond donors (Lipinski definition) is 0. The van der Waals surface area contributed by atoms with E-state index in [-0.39, 0.29) is 5.41 Å². The first-order valence-electron chi connectivity index (χ1n) is 20.8. The molecule has 0 saturated heterocycles. The molecule has 12 rings (SSSR count). The van der Waals surface area contributed by atoms with Crippen LogP contribution in [0.25, 0.3) is 31.3 Å². The van der Waals surface area contributed by atoms with E-state index in [1.165, 1.54) is 95.0 Å². The van der Waals surface area contributed by atoms with Crippen LogP contribution in [0.4, 0.5) is 34.1 Å². The molecule has 0 radical (unpaired) electrons. The molecular weight excluding hydrogens is 721 g/mol. The molecule has 0 N–H and O–H groups in total. The molecular formula is C55H42N2S. The van der Waals surface area contributed by atoms with Gasteiger partial charge in [0.2, 0.25) is 0 Å². The fourth-order valence-electron chi connectivity index (χ4n) is 11.3. The summed E-state index contributed by atoms with van der Waals surface area (Å²) in [7, 11) is 0. The van der Waals surface area contributed by atoms with Gasteiger partial charge in [0.15, 0.2) is 0 Å². The van der Waals surface area contributed by atoms with Crippen molar-refractivity contribution in [3.8, 4) is 11.1 Å². The molecule has 1 fully saturated rings. The Kier molecular flexibility index (Phi) is 7.74. The predicted molar refractivity (Wildman–Crippen MR) is 245 cm³/mol. The topological polar surface area (TPSA) is 6.48 Å². The first kappa shape index (κ1) is 33.7. The largest absolute Gasteiger partial charge is 0.310 e. The average Bonchev–Trinajstić information content (AvgIpc) is 4.02. The predicted octanol–water partition coefficient (Wildman–Crippen LogP) is 15.1. The second-order valence-corrected chi connectivity index (χ2v) is 17.5. The molecule has 3 atom stereocenters. The van der Waals surface area contributed by atoms with Crippen molar-refractivity contribution in [3.05, 3.63) is 216 Å². The lowest BCUT2D eigenvalue weighted by Crippen LogP contribution is -2.34. The molecule has 278 valence electrons. The first-order valence-corrected chi connectivity index (χ1v) is 21.6. The maximum Gasteiger partial charge on any atom is 0.0505 e. The van der Waals surface area contributed by atoms with E-state index in [1.54, 1.807) is 5.56 Å². The van der Waals surface area contributed by atoms with Gasteiger partial charge in [-0.25, -0.2) is 0 Å². The first-order chi connectivity index (χ1) is 28.8. The maximum absolute atomic E-state index is 2.58. The monoisotopic (exact) mass is 762 g/mol. The minimum atomic E-state index is -0.108. The van der Waals surface area contributed by atoms with Gasteiger partial charge >= 0.3 is 0 Å². The summed E-state index contributed by atoms with van der Waals surface area (Å²) < 4.78 is 2.66. The highest BCUT2D eigenvalue weighted by Crippen LogP contribution is 2.68. The van der Waals surface area contributed by atoms with Crippen molar-refractivity contribution in [3.63, 3.8) is 0 Å². The third-order valence-electron chi connectivity index (χ3n) is 13.5. The smallest absolute Gasteiger partial charge is 0.0505 e. The molecule has 0 amide bonds. The molecule has 1 spiro atoms. The Morgan fingerprint density at radius 1 is 0.397 bits per heavy atom.